The van der Waals surface area contributed by atoms with Gasteiger partial charge in [0.2, 0.25) is 5.91 Å². The van der Waals surface area contributed by atoms with E-state index in [1.165, 1.54) is 16.9 Å². The highest BCUT2D eigenvalue weighted by molar-refractivity contribution is 7.10. The lowest BCUT2D eigenvalue weighted by molar-refractivity contribution is -0.152. The molecule has 1 aromatic rings. The summed E-state index contributed by atoms with van der Waals surface area (Å²) in [6, 6.07) is 2.09. The summed E-state index contributed by atoms with van der Waals surface area (Å²) in [6.07, 6.45) is 6.99. The first-order valence-electron chi connectivity index (χ1n) is 8.25. The molecule has 2 heterocycles. The molecule has 0 aromatic carbocycles. The summed E-state index contributed by atoms with van der Waals surface area (Å²) in [7, 11) is 0. The fourth-order valence-electron chi connectivity index (χ4n) is 3.26. The van der Waals surface area contributed by atoms with Crippen molar-refractivity contribution in [3.05, 3.63) is 21.9 Å². The molecule has 1 aromatic heterocycles. The van der Waals surface area contributed by atoms with Crippen molar-refractivity contribution < 1.29 is 14.3 Å². The second-order valence-corrected chi connectivity index (χ2v) is 7.18. The van der Waals surface area contributed by atoms with E-state index in [2.05, 4.69) is 11.4 Å². The van der Waals surface area contributed by atoms with Gasteiger partial charge in [-0.05, 0) is 49.1 Å². The SMILES string of the molecule is O=C(CCC(=O)N1CCc2sccc2C1)OC1CCCCC1. The van der Waals surface area contributed by atoms with Gasteiger partial charge >= 0.3 is 5.97 Å². The number of hydrogen-bond donors (Lipinski definition) is 0. The van der Waals surface area contributed by atoms with Crippen LogP contribution in [0.1, 0.15) is 55.4 Å². The molecule has 22 heavy (non-hydrogen) atoms. The highest BCUT2D eigenvalue weighted by atomic mass is 32.1. The van der Waals surface area contributed by atoms with Gasteiger partial charge in [-0.25, -0.2) is 0 Å². The first-order valence-corrected chi connectivity index (χ1v) is 9.13. The van der Waals surface area contributed by atoms with Crippen molar-refractivity contribution >= 4 is 23.2 Å². The van der Waals surface area contributed by atoms with E-state index >= 15 is 0 Å². The standard InChI is InChI=1S/C17H23NO3S/c19-16(18-10-8-15-13(12-18)9-11-22-15)6-7-17(20)21-14-4-2-1-3-5-14/h9,11,14H,1-8,10,12H2. The quantitative estimate of drug-likeness (QED) is 0.800. The van der Waals surface area contributed by atoms with Crippen molar-refractivity contribution in [2.75, 3.05) is 6.54 Å². The average molecular weight is 321 g/mol. The number of ether oxygens (including phenoxy) is 1. The molecule has 0 radical (unpaired) electrons. The van der Waals surface area contributed by atoms with Crippen LogP contribution in [0.4, 0.5) is 0 Å². The van der Waals surface area contributed by atoms with Crippen molar-refractivity contribution in [1.82, 2.24) is 4.90 Å². The van der Waals surface area contributed by atoms with Crippen LogP contribution in [0, 0.1) is 0 Å². The van der Waals surface area contributed by atoms with Gasteiger partial charge in [0.25, 0.3) is 0 Å². The summed E-state index contributed by atoms with van der Waals surface area (Å²) in [5.74, 6) is -0.147. The minimum absolute atomic E-state index is 0.0671. The molecular weight excluding hydrogens is 298 g/mol. The van der Waals surface area contributed by atoms with Gasteiger partial charge in [0.15, 0.2) is 0 Å². The Kier molecular flexibility index (Phi) is 5.13. The Bertz CT molecular complexity index is 534. The lowest BCUT2D eigenvalue weighted by Gasteiger charge is -2.27. The van der Waals surface area contributed by atoms with Crippen molar-refractivity contribution in [3.63, 3.8) is 0 Å². The van der Waals surface area contributed by atoms with Crippen LogP contribution in [0.5, 0.6) is 0 Å². The number of fused-ring (bicyclic) bond motifs is 1. The highest BCUT2D eigenvalue weighted by Crippen LogP contribution is 2.25. The zero-order chi connectivity index (χ0) is 15.4. The number of carbonyl (C=O) groups excluding carboxylic acids is 2. The second-order valence-electron chi connectivity index (χ2n) is 6.18. The summed E-state index contributed by atoms with van der Waals surface area (Å²) in [5.41, 5.74) is 1.26. The van der Waals surface area contributed by atoms with Crippen LogP contribution >= 0.6 is 11.3 Å². The monoisotopic (exact) mass is 321 g/mol. The Morgan fingerprint density at radius 2 is 2.05 bits per heavy atom. The summed E-state index contributed by atoms with van der Waals surface area (Å²) in [4.78, 5) is 27.4. The molecule has 0 saturated heterocycles. The van der Waals surface area contributed by atoms with Crippen LogP contribution in [0.3, 0.4) is 0 Å². The molecule has 4 nitrogen and oxygen atoms in total. The van der Waals surface area contributed by atoms with Crippen molar-refractivity contribution in [1.29, 1.82) is 0 Å². The van der Waals surface area contributed by atoms with E-state index in [1.807, 2.05) is 4.90 Å². The molecule has 0 atom stereocenters. The summed E-state index contributed by atoms with van der Waals surface area (Å²) >= 11 is 1.76. The maximum absolute atomic E-state index is 12.2. The van der Waals surface area contributed by atoms with Crippen LogP contribution in [-0.2, 0) is 27.3 Å². The van der Waals surface area contributed by atoms with Crippen LogP contribution in [0.25, 0.3) is 0 Å². The maximum Gasteiger partial charge on any atom is 0.306 e. The van der Waals surface area contributed by atoms with Gasteiger partial charge in [-0.1, -0.05) is 6.42 Å². The molecule has 1 fully saturated rings. The van der Waals surface area contributed by atoms with E-state index in [4.69, 9.17) is 4.74 Å². The molecule has 3 rings (SSSR count). The molecule has 0 bridgehead atoms. The van der Waals surface area contributed by atoms with Gasteiger partial charge in [0.1, 0.15) is 6.10 Å². The number of nitrogens with zero attached hydrogens (tertiary/aromatic N) is 1. The third-order valence-corrected chi connectivity index (χ3v) is 5.58. The Balaban J connectivity index is 1.41. The number of carbonyl (C=O) groups is 2. The topological polar surface area (TPSA) is 46.6 Å². The van der Waals surface area contributed by atoms with Crippen LogP contribution in [0.15, 0.2) is 11.4 Å². The number of hydrogen-bond acceptors (Lipinski definition) is 4. The van der Waals surface area contributed by atoms with Crippen LogP contribution in [-0.4, -0.2) is 29.4 Å². The second kappa shape index (κ2) is 7.27. The third-order valence-electron chi connectivity index (χ3n) is 4.55. The molecule has 1 amide bonds. The fraction of sp³-hybridized carbons (Fsp3) is 0.647. The van der Waals surface area contributed by atoms with Gasteiger partial charge < -0.3 is 9.64 Å². The van der Waals surface area contributed by atoms with E-state index in [9.17, 15) is 9.59 Å². The summed E-state index contributed by atoms with van der Waals surface area (Å²) in [5, 5.41) is 2.08. The van der Waals surface area contributed by atoms with E-state index in [-0.39, 0.29) is 30.8 Å². The van der Waals surface area contributed by atoms with Crippen LogP contribution in [0.2, 0.25) is 0 Å². The molecule has 1 aliphatic heterocycles. The molecule has 0 N–H and O–H groups in total. The highest BCUT2D eigenvalue weighted by Gasteiger charge is 2.23. The van der Waals surface area contributed by atoms with E-state index in [0.717, 1.165) is 38.6 Å². The normalized spacial score (nSPS) is 18.8. The Hall–Kier alpha value is -1.36. The lowest BCUT2D eigenvalue weighted by Crippen LogP contribution is -2.35. The number of thiophene rings is 1. The summed E-state index contributed by atoms with van der Waals surface area (Å²) < 4.78 is 5.46. The zero-order valence-electron chi connectivity index (χ0n) is 12.9. The van der Waals surface area contributed by atoms with Gasteiger partial charge in [-0.3, -0.25) is 9.59 Å². The van der Waals surface area contributed by atoms with Gasteiger partial charge in [0.05, 0.1) is 6.42 Å². The molecule has 120 valence electrons. The Labute approximate surface area is 135 Å². The fourth-order valence-corrected chi connectivity index (χ4v) is 4.15. The zero-order valence-corrected chi connectivity index (χ0v) is 13.7. The first-order chi connectivity index (χ1) is 10.7. The largest absolute Gasteiger partial charge is 0.462 e. The minimum atomic E-state index is -0.214. The van der Waals surface area contributed by atoms with E-state index < -0.39 is 0 Å². The van der Waals surface area contributed by atoms with Gasteiger partial charge in [-0.2, -0.15) is 0 Å². The van der Waals surface area contributed by atoms with Crippen molar-refractivity contribution in [3.8, 4) is 0 Å². The molecule has 1 aliphatic carbocycles. The lowest BCUT2D eigenvalue weighted by atomic mass is 9.98. The average Bonchev–Trinajstić information content (AvgIpc) is 3.01. The smallest absolute Gasteiger partial charge is 0.306 e. The van der Waals surface area contributed by atoms with E-state index in [0.29, 0.717) is 6.54 Å². The predicted molar refractivity (Wildman–Crippen MR) is 85.6 cm³/mol. The molecule has 2 aliphatic rings. The summed E-state index contributed by atoms with van der Waals surface area (Å²) in [6.45, 7) is 1.46. The van der Waals surface area contributed by atoms with Crippen molar-refractivity contribution in [2.45, 2.75) is 64.0 Å². The predicted octanol–water partition coefficient (Wildman–Crippen LogP) is 3.29. The molecule has 5 heteroatoms. The molecule has 1 saturated carbocycles. The minimum Gasteiger partial charge on any atom is -0.462 e. The molecule has 0 spiro atoms. The Morgan fingerprint density at radius 1 is 1.23 bits per heavy atom. The third kappa shape index (κ3) is 3.88. The van der Waals surface area contributed by atoms with Crippen LogP contribution < -0.4 is 0 Å². The van der Waals surface area contributed by atoms with Gasteiger partial charge in [0, 0.05) is 24.4 Å². The molecule has 0 unspecified atom stereocenters. The number of rotatable bonds is 4. The first kappa shape index (κ1) is 15.5. The number of esters is 1. The Morgan fingerprint density at radius 3 is 2.86 bits per heavy atom. The van der Waals surface area contributed by atoms with Crippen molar-refractivity contribution in [2.24, 2.45) is 0 Å². The molecular formula is C17H23NO3S. The number of amides is 1. The maximum atomic E-state index is 12.2. The van der Waals surface area contributed by atoms with E-state index in [1.54, 1.807) is 11.3 Å². The van der Waals surface area contributed by atoms with Gasteiger partial charge in [-0.15, -0.1) is 11.3 Å².